The van der Waals surface area contributed by atoms with Gasteiger partial charge in [-0.2, -0.15) is 10.1 Å². The lowest BCUT2D eigenvalue weighted by atomic mass is 9.87. The zero-order valence-electron chi connectivity index (χ0n) is 14.1. The second kappa shape index (κ2) is 5.02. The van der Waals surface area contributed by atoms with Crippen molar-refractivity contribution in [2.75, 3.05) is 0 Å². The predicted octanol–water partition coefficient (Wildman–Crippen LogP) is 4.50. The average Bonchev–Trinajstić information content (AvgIpc) is 2.68. The van der Waals surface area contributed by atoms with Crippen LogP contribution in [0.25, 0.3) is 0 Å². The fourth-order valence-corrected chi connectivity index (χ4v) is 1.84. The van der Waals surface area contributed by atoms with Crippen molar-refractivity contribution in [3.63, 3.8) is 0 Å². The van der Waals surface area contributed by atoms with Crippen LogP contribution in [0, 0.1) is 5.41 Å². The molecular formula is C17H26N2O2. The second-order valence-electron chi connectivity index (χ2n) is 7.58. The Bertz CT molecular complexity index is 526. The van der Waals surface area contributed by atoms with Crippen LogP contribution < -0.4 is 0 Å². The maximum atomic E-state index is 6.14. The number of para-hydroxylation sites is 1. The summed E-state index contributed by atoms with van der Waals surface area (Å²) >= 11 is 0. The Morgan fingerprint density at radius 2 is 1.57 bits per heavy atom. The van der Waals surface area contributed by atoms with E-state index in [2.05, 4.69) is 46.5 Å². The van der Waals surface area contributed by atoms with Crippen molar-refractivity contribution in [1.82, 2.24) is 5.06 Å². The van der Waals surface area contributed by atoms with E-state index in [0.29, 0.717) is 6.02 Å². The minimum Gasteiger partial charge on any atom is -0.428 e. The molecule has 2 rings (SSSR count). The number of aliphatic imine (C=N–C) groups is 1. The van der Waals surface area contributed by atoms with Gasteiger partial charge in [0.15, 0.2) is 0 Å². The molecule has 0 radical (unpaired) electrons. The molecule has 1 aliphatic heterocycles. The highest BCUT2D eigenvalue weighted by Gasteiger charge is 2.53. The van der Waals surface area contributed by atoms with Gasteiger partial charge in [-0.05, 0) is 32.9 Å². The average molecular weight is 290 g/mol. The topological polar surface area (TPSA) is 34.1 Å². The molecule has 1 aromatic rings. The summed E-state index contributed by atoms with van der Waals surface area (Å²) < 4.78 is 6.11. The van der Waals surface area contributed by atoms with Gasteiger partial charge in [-0.15, -0.1) is 0 Å². The van der Waals surface area contributed by atoms with E-state index in [-0.39, 0.29) is 11.0 Å². The summed E-state index contributed by atoms with van der Waals surface area (Å²) in [6.45, 7) is 14.5. The van der Waals surface area contributed by atoms with E-state index in [1.807, 2.05) is 37.3 Å². The van der Waals surface area contributed by atoms with Crippen molar-refractivity contribution >= 4 is 11.7 Å². The number of benzene rings is 1. The van der Waals surface area contributed by atoms with Gasteiger partial charge in [-0.1, -0.05) is 39.0 Å². The summed E-state index contributed by atoms with van der Waals surface area (Å²) in [5.74, 6) is -0.742. The number of hydrogen-bond donors (Lipinski definition) is 0. The molecule has 0 aromatic heterocycles. The maximum Gasteiger partial charge on any atom is 0.320 e. The van der Waals surface area contributed by atoms with Gasteiger partial charge in [0.05, 0.1) is 11.2 Å². The quantitative estimate of drug-likeness (QED) is 0.763. The molecule has 1 fully saturated rings. The standard InChI is InChI=1S/C17H26N2O2/c1-15(2,3)17(7)20-14(19(21-17)16(4,5)6)18-13-11-9-8-10-12-13/h8-12H,1-7H3. The van der Waals surface area contributed by atoms with Gasteiger partial charge in [0.1, 0.15) is 0 Å². The van der Waals surface area contributed by atoms with E-state index in [0.717, 1.165) is 5.69 Å². The molecule has 0 aliphatic carbocycles. The van der Waals surface area contributed by atoms with Crippen LogP contribution in [0.1, 0.15) is 48.5 Å². The Hall–Kier alpha value is -1.55. The molecule has 0 amide bonds. The van der Waals surface area contributed by atoms with E-state index < -0.39 is 5.79 Å². The number of hydroxylamine groups is 2. The second-order valence-corrected chi connectivity index (χ2v) is 7.58. The minimum atomic E-state index is -0.742. The van der Waals surface area contributed by atoms with Gasteiger partial charge in [0.25, 0.3) is 0 Å². The lowest BCUT2D eigenvalue weighted by Crippen LogP contribution is -2.45. The first-order valence-corrected chi connectivity index (χ1v) is 7.35. The lowest BCUT2D eigenvalue weighted by molar-refractivity contribution is -0.288. The lowest BCUT2D eigenvalue weighted by Gasteiger charge is -2.36. The van der Waals surface area contributed by atoms with Crippen LogP contribution in [0.15, 0.2) is 35.3 Å². The Kier molecular flexibility index (Phi) is 3.79. The molecule has 1 heterocycles. The molecular weight excluding hydrogens is 264 g/mol. The van der Waals surface area contributed by atoms with Crippen LogP contribution in [0.3, 0.4) is 0 Å². The largest absolute Gasteiger partial charge is 0.428 e. The first kappa shape index (κ1) is 15.8. The molecule has 0 bridgehead atoms. The number of rotatable bonds is 1. The molecule has 0 N–H and O–H groups in total. The van der Waals surface area contributed by atoms with Crippen LogP contribution in [0.2, 0.25) is 0 Å². The third-order valence-corrected chi connectivity index (χ3v) is 3.68. The zero-order valence-corrected chi connectivity index (χ0v) is 14.1. The summed E-state index contributed by atoms with van der Waals surface area (Å²) in [4.78, 5) is 10.8. The van der Waals surface area contributed by atoms with Crippen LogP contribution in [-0.4, -0.2) is 22.4 Å². The first-order chi connectivity index (χ1) is 9.53. The molecule has 1 atom stereocenters. The van der Waals surface area contributed by atoms with Crippen LogP contribution in [-0.2, 0) is 9.57 Å². The number of hydrogen-bond acceptors (Lipinski definition) is 3. The van der Waals surface area contributed by atoms with Crippen molar-refractivity contribution in [3.05, 3.63) is 30.3 Å². The van der Waals surface area contributed by atoms with Gasteiger partial charge in [0.2, 0.25) is 5.79 Å². The van der Waals surface area contributed by atoms with Gasteiger partial charge in [-0.25, -0.2) is 4.84 Å². The molecule has 4 heteroatoms. The Labute approximate surface area is 127 Å². The highest BCUT2D eigenvalue weighted by molar-refractivity contribution is 5.78. The number of ether oxygens (including phenoxy) is 1. The zero-order chi connectivity index (χ0) is 15.9. The van der Waals surface area contributed by atoms with Gasteiger partial charge in [0, 0.05) is 12.3 Å². The normalized spacial score (nSPS) is 25.3. The van der Waals surface area contributed by atoms with Crippen LogP contribution >= 0.6 is 0 Å². The molecule has 1 saturated heterocycles. The summed E-state index contributed by atoms with van der Waals surface area (Å²) in [7, 11) is 0. The SMILES string of the molecule is CC(C)(C)N1OC(C)(C(C)(C)C)OC1=Nc1ccccc1. The number of amidine groups is 1. The molecule has 0 spiro atoms. The summed E-state index contributed by atoms with van der Waals surface area (Å²) in [5, 5.41) is 1.77. The van der Waals surface area contributed by atoms with E-state index in [4.69, 9.17) is 9.57 Å². The smallest absolute Gasteiger partial charge is 0.320 e. The monoisotopic (exact) mass is 290 g/mol. The van der Waals surface area contributed by atoms with Crippen LogP contribution in [0.5, 0.6) is 0 Å². The predicted molar refractivity (Wildman–Crippen MR) is 85.2 cm³/mol. The molecule has 1 unspecified atom stereocenters. The van der Waals surface area contributed by atoms with Crippen molar-refractivity contribution in [2.24, 2.45) is 10.4 Å². The van der Waals surface area contributed by atoms with Crippen molar-refractivity contribution in [1.29, 1.82) is 0 Å². The van der Waals surface area contributed by atoms with E-state index in [9.17, 15) is 0 Å². The fourth-order valence-electron chi connectivity index (χ4n) is 1.84. The number of nitrogens with zero attached hydrogens (tertiary/aromatic N) is 2. The highest BCUT2D eigenvalue weighted by atomic mass is 16.9. The molecule has 0 saturated carbocycles. The van der Waals surface area contributed by atoms with Crippen LogP contribution in [0.4, 0.5) is 5.69 Å². The Balaban J connectivity index is 2.41. The van der Waals surface area contributed by atoms with Crippen molar-refractivity contribution in [2.45, 2.75) is 59.8 Å². The molecule has 1 aromatic carbocycles. The van der Waals surface area contributed by atoms with E-state index >= 15 is 0 Å². The first-order valence-electron chi connectivity index (χ1n) is 7.35. The van der Waals surface area contributed by atoms with Crippen molar-refractivity contribution in [3.8, 4) is 0 Å². The molecule has 21 heavy (non-hydrogen) atoms. The summed E-state index contributed by atoms with van der Waals surface area (Å²) in [5.41, 5.74) is 0.435. The third kappa shape index (κ3) is 3.21. The van der Waals surface area contributed by atoms with Crippen molar-refractivity contribution < 1.29 is 9.57 Å². The van der Waals surface area contributed by atoms with Gasteiger partial charge in [-0.3, -0.25) is 0 Å². The van der Waals surface area contributed by atoms with Gasteiger partial charge < -0.3 is 4.74 Å². The molecule has 4 nitrogen and oxygen atoms in total. The molecule has 116 valence electrons. The van der Waals surface area contributed by atoms with Gasteiger partial charge >= 0.3 is 6.02 Å². The minimum absolute atomic E-state index is 0.176. The Morgan fingerprint density at radius 3 is 2.05 bits per heavy atom. The van der Waals surface area contributed by atoms with E-state index in [1.54, 1.807) is 5.06 Å². The summed E-state index contributed by atoms with van der Waals surface area (Å²) in [6.07, 6.45) is 0. The third-order valence-electron chi connectivity index (χ3n) is 3.68. The summed E-state index contributed by atoms with van der Waals surface area (Å²) in [6, 6.07) is 10.3. The Morgan fingerprint density at radius 1 is 1.00 bits per heavy atom. The molecule has 1 aliphatic rings. The maximum absolute atomic E-state index is 6.14. The highest BCUT2D eigenvalue weighted by Crippen LogP contribution is 2.42. The van der Waals surface area contributed by atoms with E-state index in [1.165, 1.54) is 0 Å². The fraction of sp³-hybridized carbons (Fsp3) is 0.588.